The van der Waals surface area contributed by atoms with Gasteiger partial charge in [0.05, 0.1) is 0 Å². The van der Waals surface area contributed by atoms with Crippen LogP contribution >= 0.6 is 0 Å². The molecule has 1 saturated carbocycles. The van der Waals surface area contributed by atoms with Gasteiger partial charge in [-0.15, -0.1) is 0 Å². The minimum absolute atomic E-state index is 0.0347. The van der Waals surface area contributed by atoms with Crippen LogP contribution in [0, 0.1) is 0 Å². The average molecular weight is 549 g/mol. The lowest BCUT2D eigenvalue weighted by atomic mass is 9.99. The third kappa shape index (κ3) is 5.68. The number of nitrogens with zero attached hydrogens (tertiary/aromatic N) is 5. The highest BCUT2D eigenvalue weighted by atomic mass is 32.2. The van der Waals surface area contributed by atoms with Crippen LogP contribution in [0.2, 0.25) is 0 Å². The van der Waals surface area contributed by atoms with E-state index in [0.29, 0.717) is 43.6 Å². The molecule has 0 aromatic carbocycles. The first-order valence-corrected chi connectivity index (χ1v) is 16.3. The summed E-state index contributed by atoms with van der Waals surface area (Å²) in [6, 6.07) is 2.08. The van der Waals surface area contributed by atoms with Gasteiger partial charge in [-0.1, -0.05) is 5.16 Å². The van der Waals surface area contributed by atoms with Crippen molar-refractivity contribution in [2.45, 2.75) is 101 Å². The first-order chi connectivity index (χ1) is 18.4. The van der Waals surface area contributed by atoms with Gasteiger partial charge in [0, 0.05) is 49.2 Å². The third-order valence-corrected chi connectivity index (χ3v) is 11.7. The van der Waals surface area contributed by atoms with Gasteiger partial charge in [-0.05, 0) is 104 Å². The van der Waals surface area contributed by atoms with E-state index in [1.807, 2.05) is 0 Å². The number of fused-ring (bicyclic) bond motifs is 2. The molecule has 10 nitrogen and oxygen atoms in total. The zero-order valence-corrected chi connectivity index (χ0v) is 23.6. The Labute approximate surface area is 227 Å². The molecule has 1 aromatic heterocycles. The molecular weight excluding hydrogens is 504 g/mol. The normalized spacial score (nSPS) is 29.9. The summed E-state index contributed by atoms with van der Waals surface area (Å²) in [4.78, 5) is 17.8. The van der Waals surface area contributed by atoms with Gasteiger partial charge < -0.3 is 19.6 Å². The molecule has 5 heterocycles. The van der Waals surface area contributed by atoms with Crippen LogP contribution in [0.25, 0.3) is 0 Å². The molecule has 5 aliphatic rings. The molecule has 5 fully saturated rings. The molecule has 38 heavy (non-hydrogen) atoms. The summed E-state index contributed by atoms with van der Waals surface area (Å²) in [6.45, 7) is 5.93. The van der Waals surface area contributed by atoms with Crippen molar-refractivity contribution in [1.82, 2.24) is 28.9 Å². The highest BCUT2D eigenvalue weighted by Crippen LogP contribution is 2.41. The van der Waals surface area contributed by atoms with Crippen LogP contribution in [-0.2, 0) is 10.2 Å². The zero-order valence-electron chi connectivity index (χ0n) is 22.8. The lowest BCUT2D eigenvalue weighted by Crippen LogP contribution is -2.57. The van der Waals surface area contributed by atoms with Crippen molar-refractivity contribution in [2.75, 3.05) is 46.3 Å². The van der Waals surface area contributed by atoms with Crippen LogP contribution in [0.5, 0.6) is 0 Å². The second-order valence-electron chi connectivity index (χ2n) is 12.3. The van der Waals surface area contributed by atoms with E-state index in [1.54, 1.807) is 14.7 Å². The fourth-order valence-corrected chi connectivity index (χ4v) is 9.30. The van der Waals surface area contributed by atoms with Crippen molar-refractivity contribution < 1.29 is 17.7 Å². The summed E-state index contributed by atoms with van der Waals surface area (Å²) in [5.41, 5.74) is 0.332. The number of rotatable bonds is 10. The molecule has 0 radical (unpaired) electrons. The lowest BCUT2D eigenvalue weighted by Gasteiger charge is -2.43. The molecule has 0 unspecified atom stereocenters. The number of likely N-dealkylation sites (tertiary alicyclic amines) is 1. The van der Waals surface area contributed by atoms with Crippen LogP contribution in [0.1, 0.15) is 92.8 Å². The van der Waals surface area contributed by atoms with Crippen LogP contribution in [0.3, 0.4) is 0 Å². The van der Waals surface area contributed by atoms with E-state index in [1.165, 1.54) is 38.9 Å². The van der Waals surface area contributed by atoms with Crippen LogP contribution in [-0.4, -0.2) is 108 Å². The highest BCUT2D eigenvalue weighted by Gasteiger charge is 2.49. The topological polar surface area (TPSA) is 102 Å². The number of piperidine rings is 2. The number of hydrogen-bond donors (Lipinski definition) is 1. The minimum Gasteiger partial charge on any atom is -0.360 e. The van der Waals surface area contributed by atoms with Crippen LogP contribution in [0.15, 0.2) is 10.6 Å². The minimum atomic E-state index is -3.50. The van der Waals surface area contributed by atoms with Crippen LogP contribution < -0.4 is 5.32 Å². The Hall–Kier alpha value is -1.53. The molecule has 1 aliphatic carbocycles. The van der Waals surface area contributed by atoms with Crippen molar-refractivity contribution >= 4 is 16.1 Å². The van der Waals surface area contributed by atoms with Crippen LogP contribution in [0.4, 0.5) is 0 Å². The zero-order chi connectivity index (χ0) is 26.3. The van der Waals surface area contributed by atoms with E-state index >= 15 is 0 Å². The molecule has 3 atom stereocenters. The van der Waals surface area contributed by atoms with Crippen molar-refractivity contribution in [3.63, 3.8) is 0 Å². The molecule has 11 heteroatoms. The molecule has 6 rings (SSSR count). The quantitative estimate of drug-likeness (QED) is 0.479. The summed E-state index contributed by atoms with van der Waals surface area (Å²) in [7, 11) is -1.30. The molecule has 2 bridgehead atoms. The monoisotopic (exact) mass is 548 g/mol. The molecular formula is C27H44N6O4S. The molecule has 4 aliphatic heterocycles. The smallest absolute Gasteiger partial charge is 0.282 e. The first-order valence-electron chi connectivity index (χ1n) is 14.9. The number of hydrogen-bond acceptors (Lipinski definition) is 7. The van der Waals surface area contributed by atoms with Gasteiger partial charge in [0.25, 0.3) is 16.1 Å². The molecule has 1 aromatic rings. The molecule has 4 saturated heterocycles. The van der Waals surface area contributed by atoms with Gasteiger partial charge >= 0.3 is 0 Å². The Bertz CT molecular complexity index is 1060. The lowest BCUT2D eigenvalue weighted by molar-refractivity contribution is 0.0896. The maximum Gasteiger partial charge on any atom is 0.282 e. The van der Waals surface area contributed by atoms with E-state index in [4.69, 9.17) is 4.52 Å². The number of carbonyl (C=O) groups excluding carboxylic acids is 1. The first kappa shape index (κ1) is 26.7. The Morgan fingerprint density at radius 1 is 1.05 bits per heavy atom. The number of nitrogens with one attached hydrogen (secondary N) is 1. The molecule has 0 spiro atoms. The summed E-state index contributed by atoms with van der Waals surface area (Å²) in [5.74, 6) is 1.000. The van der Waals surface area contributed by atoms with E-state index < -0.39 is 10.2 Å². The molecule has 1 N–H and O–H groups in total. The Morgan fingerprint density at radius 3 is 2.39 bits per heavy atom. The highest BCUT2D eigenvalue weighted by molar-refractivity contribution is 7.86. The second-order valence-corrected chi connectivity index (χ2v) is 14.1. The Kier molecular flexibility index (Phi) is 7.83. The Balaban J connectivity index is 0.984. The third-order valence-electron chi connectivity index (χ3n) is 9.57. The predicted octanol–water partition coefficient (Wildman–Crippen LogP) is 2.40. The summed E-state index contributed by atoms with van der Waals surface area (Å²) in [5, 5.41) is 7.07. The number of amides is 1. The Morgan fingerprint density at radius 2 is 1.74 bits per heavy atom. The predicted molar refractivity (Wildman–Crippen MR) is 144 cm³/mol. The summed E-state index contributed by atoms with van der Waals surface area (Å²) < 4.78 is 36.3. The van der Waals surface area contributed by atoms with Crippen molar-refractivity contribution in [2.24, 2.45) is 0 Å². The van der Waals surface area contributed by atoms with E-state index in [0.717, 1.165) is 50.8 Å². The number of carbonyl (C=O) groups is 1. The van der Waals surface area contributed by atoms with Gasteiger partial charge in [0.15, 0.2) is 5.69 Å². The standard InChI is InChI=1S/C27H44N6O4S/c1-30(11-4-14-31-12-2-3-13-31)22-9-15-32(16-10-22)38(35,36)33-23-7-8-24(33)18-21(17-23)28-27(34)25-19-26(37-29-25)20-5-6-20/h19-24H,2-18H2,1H3,(H,28,34)/t21-,23+,24-. The fraction of sp³-hybridized carbons (Fsp3) is 0.852. The maximum absolute atomic E-state index is 13.7. The van der Waals surface area contributed by atoms with Gasteiger partial charge in [-0.3, -0.25) is 4.79 Å². The van der Waals surface area contributed by atoms with E-state index in [2.05, 4.69) is 27.3 Å². The largest absolute Gasteiger partial charge is 0.360 e. The average Bonchev–Trinajstić information content (AvgIpc) is 3.28. The van der Waals surface area contributed by atoms with Gasteiger partial charge in [-0.2, -0.15) is 17.0 Å². The fourth-order valence-electron chi connectivity index (χ4n) is 7.22. The molecule has 1 amide bonds. The van der Waals surface area contributed by atoms with E-state index in [9.17, 15) is 13.2 Å². The summed E-state index contributed by atoms with van der Waals surface area (Å²) in [6.07, 6.45) is 10.9. The van der Waals surface area contributed by atoms with Gasteiger partial charge in [-0.25, -0.2) is 0 Å². The van der Waals surface area contributed by atoms with Crippen molar-refractivity contribution in [3.8, 4) is 0 Å². The SMILES string of the molecule is CN(CCCN1CCCC1)C1CCN(S(=O)(=O)N2[C@@H]3CC[C@H]2C[C@@H](NC(=O)c2cc(C4CC4)on2)C3)CC1. The number of aromatic nitrogens is 1. The van der Waals surface area contributed by atoms with Gasteiger partial charge in [0.1, 0.15) is 5.76 Å². The van der Waals surface area contributed by atoms with Gasteiger partial charge in [0.2, 0.25) is 0 Å². The van der Waals surface area contributed by atoms with Crippen molar-refractivity contribution in [1.29, 1.82) is 0 Å². The van der Waals surface area contributed by atoms with Crippen molar-refractivity contribution in [3.05, 3.63) is 17.5 Å². The van der Waals surface area contributed by atoms with E-state index in [-0.39, 0.29) is 24.0 Å². The summed E-state index contributed by atoms with van der Waals surface area (Å²) >= 11 is 0. The molecule has 212 valence electrons. The maximum atomic E-state index is 13.7. The second kappa shape index (κ2) is 11.2.